The van der Waals surface area contributed by atoms with Gasteiger partial charge in [0.2, 0.25) is 0 Å². The number of hydrogen-bond donors (Lipinski definition) is 1. The third-order valence-electron chi connectivity index (χ3n) is 3.65. The van der Waals surface area contributed by atoms with Gasteiger partial charge >= 0.3 is 0 Å². The summed E-state index contributed by atoms with van der Waals surface area (Å²) in [5, 5.41) is 4.80. The van der Waals surface area contributed by atoms with Crippen molar-refractivity contribution in [3.8, 4) is 0 Å². The Labute approximate surface area is 131 Å². The fourth-order valence-corrected chi connectivity index (χ4v) is 2.98. The molecule has 0 amide bonds. The van der Waals surface area contributed by atoms with Crippen molar-refractivity contribution in [2.24, 2.45) is 0 Å². The Balaban J connectivity index is 2.00. The molecule has 1 fully saturated rings. The summed E-state index contributed by atoms with van der Waals surface area (Å²) in [6, 6.07) is 6.09. The zero-order valence-electron chi connectivity index (χ0n) is 11.9. The highest BCUT2D eigenvalue weighted by molar-refractivity contribution is 6.42. The molecule has 3 nitrogen and oxygen atoms in total. The maximum Gasteiger partial charge on any atom is 0.0640 e. The van der Waals surface area contributed by atoms with Gasteiger partial charge in [-0.3, -0.25) is 4.90 Å². The van der Waals surface area contributed by atoms with Crippen molar-refractivity contribution in [3.05, 3.63) is 33.8 Å². The van der Waals surface area contributed by atoms with E-state index in [1.807, 2.05) is 12.1 Å². The molecule has 1 aromatic carbocycles. The highest BCUT2D eigenvalue weighted by Gasteiger charge is 2.18. The number of rotatable bonds is 6. The first-order valence-electron chi connectivity index (χ1n) is 7.19. The molecule has 1 unspecified atom stereocenters. The second-order valence-corrected chi connectivity index (χ2v) is 5.78. The van der Waals surface area contributed by atoms with E-state index in [0.29, 0.717) is 10.0 Å². The number of morpholine rings is 1. The van der Waals surface area contributed by atoms with Gasteiger partial charge in [0.05, 0.1) is 23.3 Å². The molecular weight excluding hydrogens is 295 g/mol. The van der Waals surface area contributed by atoms with Crippen LogP contribution in [0.2, 0.25) is 10.0 Å². The number of nitrogens with one attached hydrogen (secondary N) is 1. The van der Waals surface area contributed by atoms with Crippen LogP contribution >= 0.6 is 23.2 Å². The van der Waals surface area contributed by atoms with Gasteiger partial charge in [0.1, 0.15) is 0 Å². The monoisotopic (exact) mass is 316 g/mol. The fourth-order valence-electron chi connectivity index (χ4n) is 2.54. The lowest BCUT2D eigenvalue weighted by atomic mass is 10.0. The topological polar surface area (TPSA) is 24.5 Å². The van der Waals surface area contributed by atoms with Gasteiger partial charge in [-0.05, 0) is 24.6 Å². The molecular formula is C15H22Cl2N2O. The van der Waals surface area contributed by atoms with Crippen LogP contribution in [0, 0.1) is 0 Å². The molecule has 0 spiro atoms. The van der Waals surface area contributed by atoms with Gasteiger partial charge < -0.3 is 10.1 Å². The van der Waals surface area contributed by atoms with Gasteiger partial charge in [-0.15, -0.1) is 0 Å². The normalized spacial score (nSPS) is 18.1. The first-order valence-corrected chi connectivity index (χ1v) is 7.95. The van der Waals surface area contributed by atoms with Crippen LogP contribution in [0.15, 0.2) is 18.2 Å². The molecule has 2 rings (SSSR count). The molecule has 1 aromatic rings. The molecule has 1 heterocycles. The minimum absolute atomic E-state index is 0.244. The molecule has 20 heavy (non-hydrogen) atoms. The predicted molar refractivity (Wildman–Crippen MR) is 84.8 cm³/mol. The molecule has 0 bridgehead atoms. The largest absolute Gasteiger partial charge is 0.379 e. The van der Waals surface area contributed by atoms with Crippen molar-refractivity contribution in [2.75, 3.05) is 39.4 Å². The minimum Gasteiger partial charge on any atom is -0.379 e. The SMILES string of the molecule is CCNC(CCN1CCOCC1)c1cccc(Cl)c1Cl. The van der Waals surface area contributed by atoms with E-state index in [-0.39, 0.29) is 6.04 Å². The van der Waals surface area contributed by atoms with Gasteiger partial charge in [-0.2, -0.15) is 0 Å². The molecule has 0 aliphatic carbocycles. The Kier molecular flexibility index (Phi) is 6.59. The molecule has 1 aliphatic rings. The molecule has 0 saturated carbocycles. The molecule has 1 aliphatic heterocycles. The van der Waals surface area contributed by atoms with Crippen LogP contribution in [0.1, 0.15) is 24.9 Å². The van der Waals surface area contributed by atoms with E-state index in [4.69, 9.17) is 27.9 Å². The van der Waals surface area contributed by atoms with Gasteiger partial charge in [-0.1, -0.05) is 42.3 Å². The predicted octanol–water partition coefficient (Wildman–Crippen LogP) is 3.37. The van der Waals surface area contributed by atoms with Gasteiger partial charge in [-0.25, -0.2) is 0 Å². The van der Waals surface area contributed by atoms with Crippen LogP contribution in [0.25, 0.3) is 0 Å². The van der Waals surface area contributed by atoms with Gasteiger partial charge in [0.25, 0.3) is 0 Å². The Morgan fingerprint density at radius 1 is 1.30 bits per heavy atom. The van der Waals surface area contributed by atoms with Crippen LogP contribution < -0.4 is 5.32 Å². The van der Waals surface area contributed by atoms with Crippen molar-refractivity contribution in [3.63, 3.8) is 0 Å². The molecule has 112 valence electrons. The van der Waals surface area contributed by atoms with Crippen molar-refractivity contribution in [2.45, 2.75) is 19.4 Å². The van der Waals surface area contributed by atoms with Crippen LogP contribution in [0.3, 0.4) is 0 Å². The van der Waals surface area contributed by atoms with E-state index in [1.54, 1.807) is 0 Å². The van der Waals surface area contributed by atoms with Crippen molar-refractivity contribution < 1.29 is 4.74 Å². The molecule has 5 heteroatoms. The van der Waals surface area contributed by atoms with Crippen LogP contribution in [0.5, 0.6) is 0 Å². The molecule has 1 atom stereocenters. The molecule has 1 N–H and O–H groups in total. The third-order valence-corrected chi connectivity index (χ3v) is 4.48. The number of benzene rings is 1. The standard InChI is InChI=1S/C15H22Cl2N2O/c1-2-18-14(6-7-19-8-10-20-11-9-19)12-4-3-5-13(16)15(12)17/h3-5,14,18H,2,6-11H2,1H3. The molecule has 1 saturated heterocycles. The average molecular weight is 317 g/mol. The van der Waals surface area contributed by atoms with Gasteiger partial charge in [0, 0.05) is 25.7 Å². The minimum atomic E-state index is 0.244. The number of hydrogen-bond acceptors (Lipinski definition) is 3. The Hall–Kier alpha value is -0.320. The summed E-state index contributed by atoms with van der Waals surface area (Å²) >= 11 is 12.5. The second-order valence-electron chi connectivity index (χ2n) is 5.00. The third kappa shape index (κ3) is 4.34. The molecule has 0 aromatic heterocycles. The van der Waals surface area contributed by atoms with Gasteiger partial charge in [0.15, 0.2) is 0 Å². The zero-order chi connectivity index (χ0) is 14.4. The van der Waals surface area contributed by atoms with E-state index in [0.717, 1.165) is 51.4 Å². The summed E-state index contributed by atoms with van der Waals surface area (Å²) in [4.78, 5) is 2.44. The van der Waals surface area contributed by atoms with Crippen LogP contribution in [-0.4, -0.2) is 44.3 Å². The lowest BCUT2D eigenvalue weighted by Gasteiger charge is -2.29. The molecule has 0 radical (unpaired) electrons. The summed E-state index contributed by atoms with van der Waals surface area (Å²) < 4.78 is 5.38. The number of nitrogens with zero attached hydrogens (tertiary/aromatic N) is 1. The summed E-state index contributed by atoms with van der Waals surface area (Å²) in [7, 11) is 0. The summed E-state index contributed by atoms with van der Waals surface area (Å²) in [5.74, 6) is 0. The highest BCUT2D eigenvalue weighted by atomic mass is 35.5. The van der Waals surface area contributed by atoms with E-state index < -0.39 is 0 Å². The number of ether oxygens (including phenoxy) is 1. The van der Waals surface area contributed by atoms with E-state index in [9.17, 15) is 0 Å². The van der Waals surface area contributed by atoms with Crippen molar-refractivity contribution in [1.82, 2.24) is 10.2 Å². The maximum absolute atomic E-state index is 6.34. The Morgan fingerprint density at radius 2 is 2.05 bits per heavy atom. The lowest BCUT2D eigenvalue weighted by Crippen LogP contribution is -2.38. The first-order chi connectivity index (χ1) is 9.72. The number of halogens is 2. The van der Waals surface area contributed by atoms with Crippen LogP contribution in [0.4, 0.5) is 0 Å². The fraction of sp³-hybridized carbons (Fsp3) is 0.600. The smallest absolute Gasteiger partial charge is 0.0640 e. The van der Waals surface area contributed by atoms with Crippen LogP contribution in [-0.2, 0) is 4.74 Å². The highest BCUT2D eigenvalue weighted by Crippen LogP contribution is 2.31. The maximum atomic E-state index is 6.34. The lowest BCUT2D eigenvalue weighted by molar-refractivity contribution is 0.0361. The Morgan fingerprint density at radius 3 is 2.75 bits per heavy atom. The summed E-state index contributed by atoms with van der Waals surface area (Å²) in [6.45, 7) is 7.78. The van der Waals surface area contributed by atoms with E-state index in [2.05, 4.69) is 23.2 Å². The quantitative estimate of drug-likeness (QED) is 0.871. The zero-order valence-corrected chi connectivity index (χ0v) is 13.4. The first kappa shape index (κ1) is 16.1. The average Bonchev–Trinajstić information content (AvgIpc) is 2.48. The van der Waals surface area contributed by atoms with Crippen molar-refractivity contribution >= 4 is 23.2 Å². The summed E-state index contributed by atoms with van der Waals surface area (Å²) in [5.41, 5.74) is 1.09. The second kappa shape index (κ2) is 8.20. The summed E-state index contributed by atoms with van der Waals surface area (Å²) in [6.07, 6.45) is 1.02. The van der Waals surface area contributed by atoms with E-state index in [1.165, 1.54) is 0 Å². The van der Waals surface area contributed by atoms with E-state index >= 15 is 0 Å². The van der Waals surface area contributed by atoms with Crippen molar-refractivity contribution in [1.29, 1.82) is 0 Å². The Bertz CT molecular complexity index is 422.